The molecule has 0 saturated carbocycles. The average Bonchev–Trinajstić information content (AvgIpc) is 2.88. The van der Waals surface area contributed by atoms with E-state index < -0.39 is 23.0 Å². The van der Waals surface area contributed by atoms with Gasteiger partial charge >= 0.3 is 0 Å². The molecule has 1 aromatic carbocycles. The molecule has 9 heteroatoms. The minimum absolute atomic E-state index is 0.0478. The van der Waals surface area contributed by atoms with E-state index >= 15 is 0 Å². The summed E-state index contributed by atoms with van der Waals surface area (Å²) in [6.45, 7) is 3.66. The van der Waals surface area contributed by atoms with Crippen LogP contribution in [0, 0.1) is 17.5 Å². The van der Waals surface area contributed by atoms with Gasteiger partial charge in [0.25, 0.3) is 5.78 Å². The maximum Gasteiger partial charge on any atom is 0.255 e. The lowest BCUT2D eigenvalue weighted by atomic mass is 10.1. The van der Waals surface area contributed by atoms with Crippen LogP contribution in [0.3, 0.4) is 0 Å². The van der Waals surface area contributed by atoms with E-state index in [1.807, 2.05) is 13.8 Å². The van der Waals surface area contributed by atoms with E-state index in [4.69, 9.17) is 11.6 Å². The lowest BCUT2D eigenvalue weighted by Crippen LogP contribution is -2.16. The molecule has 0 fully saturated rings. The SMILES string of the molecule is CC(C)Nc1c(-c2c(F)cc(F)cc2F)c(Cl)nc2ncnn12. The van der Waals surface area contributed by atoms with Gasteiger partial charge in [0.15, 0.2) is 0 Å². The molecule has 0 aliphatic heterocycles. The van der Waals surface area contributed by atoms with Crippen molar-refractivity contribution >= 4 is 23.2 Å². The summed E-state index contributed by atoms with van der Waals surface area (Å²) < 4.78 is 42.8. The summed E-state index contributed by atoms with van der Waals surface area (Å²) in [7, 11) is 0. The van der Waals surface area contributed by atoms with Crippen LogP contribution in [0.5, 0.6) is 0 Å². The molecule has 1 N–H and O–H groups in total. The van der Waals surface area contributed by atoms with Crippen LogP contribution in [0.1, 0.15) is 13.8 Å². The quantitative estimate of drug-likeness (QED) is 0.738. The molecule has 0 atom stereocenters. The Labute approximate surface area is 134 Å². The highest BCUT2D eigenvalue weighted by molar-refractivity contribution is 6.33. The van der Waals surface area contributed by atoms with E-state index in [2.05, 4.69) is 20.4 Å². The summed E-state index contributed by atoms with van der Waals surface area (Å²) in [4.78, 5) is 7.88. The van der Waals surface area contributed by atoms with E-state index in [-0.39, 0.29) is 28.4 Å². The Morgan fingerprint density at radius 2 is 1.78 bits per heavy atom. The third-order valence-electron chi connectivity index (χ3n) is 3.07. The standard InChI is InChI=1S/C14H11ClF3N5/c1-6(2)21-13-11(10-8(17)3-7(16)4-9(10)18)12(15)22-14-19-5-20-23(13)14/h3-6,21H,1-2H3. The van der Waals surface area contributed by atoms with Crippen molar-refractivity contribution in [3.05, 3.63) is 41.1 Å². The van der Waals surface area contributed by atoms with Crippen molar-refractivity contribution in [2.75, 3.05) is 5.32 Å². The maximum atomic E-state index is 14.2. The molecule has 0 spiro atoms. The fourth-order valence-corrected chi connectivity index (χ4v) is 2.49. The van der Waals surface area contributed by atoms with Crippen LogP contribution >= 0.6 is 11.6 Å². The Hall–Kier alpha value is -2.35. The van der Waals surface area contributed by atoms with Gasteiger partial charge in [0, 0.05) is 18.2 Å². The molecule has 0 saturated heterocycles. The molecule has 3 rings (SSSR count). The molecule has 5 nitrogen and oxygen atoms in total. The van der Waals surface area contributed by atoms with Gasteiger partial charge in [-0.05, 0) is 13.8 Å². The predicted molar refractivity (Wildman–Crippen MR) is 79.9 cm³/mol. The largest absolute Gasteiger partial charge is 0.367 e. The minimum Gasteiger partial charge on any atom is -0.367 e. The molecule has 23 heavy (non-hydrogen) atoms. The van der Waals surface area contributed by atoms with Crippen molar-refractivity contribution in [3.8, 4) is 11.1 Å². The number of aromatic nitrogens is 4. The van der Waals surface area contributed by atoms with Gasteiger partial charge in [0.05, 0.1) is 11.1 Å². The van der Waals surface area contributed by atoms with Gasteiger partial charge < -0.3 is 5.32 Å². The maximum absolute atomic E-state index is 14.2. The first-order chi connectivity index (χ1) is 10.9. The highest BCUT2D eigenvalue weighted by atomic mass is 35.5. The van der Waals surface area contributed by atoms with Crippen molar-refractivity contribution in [1.82, 2.24) is 19.6 Å². The van der Waals surface area contributed by atoms with Crippen molar-refractivity contribution in [1.29, 1.82) is 0 Å². The lowest BCUT2D eigenvalue weighted by molar-refractivity contribution is 0.548. The molecule has 0 aliphatic rings. The monoisotopic (exact) mass is 341 g/mol. The topological polar surface area (TPSA) is 55.1 Å². The number of nitrogens with one attached hydrogen (secondary N) is 1. The fraction of sp³-hybridized carbons (Fsp3) is 0.214. The highest BCUT2D eigenvalue weighted by Gasteiger charge is 2.24. The summed E-state index contributed by atoms with van der Waals surface area (Å²) in [6.07, 6.45) is 1.24. The van der Waals surface area contributed by atoms with Gasteiger partial charge in [-0.15, -0.1) is 0 Å². The van der Waals surface area contributed by atoms with Gasteiger partial charge in [-0.3, -0.25) is 0 Å². The van der Waals surface area contributed by atoms with Gasteiger partial charge in [-0.2, -0.15) is 19.6 Å². The number of rotatable bonds is 3. The number of fused-ring (bicyclic) bond motifs is 1. The molecular weight excluding hydrogens is 331 g/mol. The second-order valence-electron chi connectivity index (χ2n) is 5.14. The van der Waals surface area contributed by atoms with Gasteiger partial charge in [0.1, 0.15) is 34.7 Å². The van der Waals surface area contributed by atoms with Crippen molar-refractivity contribution in [2.45, 2.75) is 19.9 Å². The van der Waals surface area contributed by atoms with E-state index in [9.17, 15) is 13.2 Å². The summed E-state index contributed by atoms with van der Waals surface area (Å²) >= 11 is 6.11. The van der Waals surface area contributed by atoms with Crippen LogP contribution in [0.2, 0.25) is 5.15 Å². The molecule has 3 aromatic rings. The normalized spacial score (nSPS) is 11.4. The number of nitrogens with zero attached hydrogens (tertiary/aromatic N) is 4. The first-order valence-electron chi connectivity index (χ1n) is 6.69. The highest BCUT2D eigenvalue weighted by Crippen LogP contribution is 2.37. The molecule has 120 valence electrons. The van der Waals surface area contributed by atoms with Gasteiger partial charge in [0.2, 0.25) is 0 Å². The van der Waals surface area contributed by atoms with Crippen LogP contribution in [0.15, 0.2) is 18.5 Å². The summed E-state index contributed by atoms with van der Waals surface area (Å²) in [5, 5.41) is 6.83. The second kappa shape index (κ2) is 5.69. The molecule has 0 aliphatic carbocycles. The molecule has 0 unspecified atom stereocenters. The zero-order chi connectivity index (χ0) is 16.7. The zero-order valence-electron chi connectivity index (χ0n) is 12.1. The fourth-order valence-electron chi connectivity index (χ4n) is 2.23. The summed E-state index contributed by atoms with van der Waals surface area (Å²) in [6, 6.07) is 1.07. The molecule has 2 aromatic heterocycles. The molecule has 0 amide bonds. The Kier molecular flexibility index (Phi) is 3.85. The second-order valence-corrected chi connectivity index (χ2v) is 5.50. The minimum atomic E-state index is -1.09. The zero-order valence-corrected chi connectivity index (χ0v) is 12.9. The van der Waals surface area contributed by atoms with Crippen LogP contribution < -0.4 is 5.32 Å². The predicted octanol–water partition coefficient (Wildman–Crippen LogP) is 3.68. The number of hydrogen-bond donors (Lipinski definition) is 1. The van der Waals surface area contributed by atoms with E-state index in [1.165, 1.54) is 10.8 Å². The number of anilines is 1. The van der Waals surface area contributed by atoms with Crippen LogP contribution in [-0.4, -0.2) is 25.6 Å². The average molecular weight is 342 g/mol. The Morgan fingerprint density at radius 1 is 1.13 bits per heavy atom. The van der Waals surface area contributed by atoms with Gasteiger partial charge in [-0.25, -0.2) is 13.2 Å². The van der Waals surface area contributed by atoms with Crippen LogP contribution in [0.4, 0.5) is 19.0 Å². The smallest absolute Gasteiger partial charge is 0.255 e. The molecular formula is C14H11ClF3N5. The van der Waals surface area contributed by atoms with Crippen LogP contribution in [0.25, 0.3) is 16.9 Å². The first-order valence-corrected chi connectivity index (χ1v) is 7.07. The third kappa shape index (κ3) is 2.70. The molecule has 2 heterocycles. The molecule has 0 radical (unpaired) electrons. The molecule has 0 bridgehead atoms. The van der Waals surface area contributed by atoms with Crippen LogP contribution in [-0.2, 0) is 0 Å². The Balaban J connectivity index is 2.39. The van der Waals surface area contributed by atoms with E-state index in [1.54, 1.807) is 0 Å². The Bertz CT molecular complexity index is 870. The van der Waals surface area contributed by atoms with Gasteiger partial charge in [-0.1, -0.05) is 11.6 Å². The summed E-state index contributed by atoms with van der Waals surface area (Å²) in [5.41, 5.74) is -0.530. The van der Waals surface area contributed by atoms with E-state index in [0.29, 0.717) is 12.1 Å². The Morgan fingerprint density at radius 3 is 2.39 bits per heavy atom. The lowest BCUT2D eigenvalue weighted by Gasteiger charge is -2.17. The third-order valence-corrected chi connectivity index (χ3v) is 3.34. The summed E-state index contributed by atoms with van der Waals surface area (Å²) in [5.74, 6) is -2.80. The van der Waals surface area contributed by atoms with Crippen molar-refractivity contribution in [2.24, 2.45) is 0 Å². The number of benzene rings is 1. The van der Waals surface area contributed by atoms with Crippen molar-refractivity contribution in [3.63, 3.8) is 0 Å². The number of hydrogen-bond acceptors (Lipinski definition) is 4. The van der Waals surface area contributed by atoms with E-state index in [0.717, 1.165) is 0 Å². The number of halogens is 4. The first kappa shape index (κ1) is 15.5. The van der Waals surface area contributed by atoms with Crippen molar-refractivity contribution < 1.29 is 13.2 Å².